The van der Waals surface area contributed by atoms with Crippen molar-refractivity contribution in [3.05, 3.63) is 35.9 Å². The van der Waals surface area contributed by atoms with E-state index in [9.17, 15) is 0 Å². The number of benzene rings is 1. The van der Waals surface area contributed by atoms with Gasteiger partial charge in [0.25, 0.3) is 0 Å². The fourth-order valence-electron chi connectivity index (χ4n) is 4.11. The molecule has 2 N–H and O–H groups in total. The zero-order chi connectivity index (χ0) is 18.2. The Morgan fingerprint density at radius 2 is 1.89 bits per heavy atom. The van der Waals surface area contributed by atoms with Crippen molar-refractivity contribution < 1.29 is 0 Å². The highest BCUT2D eigenvalue weighted by atomic mass is 127. The minimum absolute atomic E-state index is 0. The van der Waals surface area contributed by atoms with Crippen LogP contribution in [0.2, 0.25) is 0 Å². The number of halogens is 1. The van der Waals surface area contributed by atoms with Crippen LogP contribution in [0, 0.1) is 5.92 Å². The molecule has 2 heterocycles. The van der Waals surface area contributed by atoms with E-state index in [4.69, 9.17) is 4.99 Å². The average molecular weight is 485 g/mol. The predicted molar refractivity (Wildman–Crippen MR) is 125 cm³/mol. The fourth-order valence-corrected chi connectivity index (χ4v) is 4.11. The van der Waals surface area contributed by atoms with Gasteiger partial charge in [-0.1, -0.05) is 30.3 Å². The van der Waals surface area contributed by atoms with Crippen LogP contribution in [0.4, 0.5) is 0 Å². The lowest BCUT2D eigenvalue weighted by Crippen LogP contribution is -2.41. The van der Waals surface area contributed by atoms with Crippen molar-refractivity contribution >= 4 is 29.9 Å². The molecule has 0 radical (unpaired) electrons. The van der Waals surface area contributed by atoms with Crippen LogP contribution >= 0.6 is 24.0 Å². The Bertz CT molecular complexity index is 559. The summed E-state index contributed by atoms with van der Waals surface area (Å²) in [6, 6.07) is 11.2. The Morgan fingerprint density at radius 3 is 2.52 bits per heavy atom. The Morgan fingerprint density at radius 1 is 1.15 bits per heavy atom. The van der Waals surface area contributed by atoms with Crippen LogP contribution in [0.1, 0.15) is 37.8 Å². The molecule has 2 unspecified atom stereocenters. The molecule has 0 amide bonds. The third kappa shape index (κ3) is 6.91. The van der Waals surface area contributed by atoms with E-state index in [1.165, 1.54) is 51.0 Å². The van der Waals surface area contributed by atoms with Gasteiger partial charge in [0, 0.05) is 19.6 Å². The van der Waals surface area contributed by atoms with Crippen LogP contribution in [0.15, 0.2) is 35.3 Å². The monoisotopic (exact) mass is 485 g/mol. The molecule has 0 aliphatic carbocycles. The summed E-state index contributed by atoms with van der Waals surface area (Å²) in [5.74, 6) is 1.69. The second kappa shape index (κ2) is 11.9. The van der Waals surface area contributed by atoms with Crippen molar-refractivity contribution in [3.8, 4) is 0 Å². The summed E-state index contributed by atoms with van der Waals surface area (Å²) in [5, 5.41) is 7.00. The molecule has 152 valence electrons. The third-order valence-electron chi connectivity index (χ3n) is 5.58. The highest BCUT2D eigenvalue weighted by molar-refractivity contribution is 14.0. The SMILES string of the molecule is CCNC(=NCC(c1ccccc1)N1CCCC1)NCC1CCN(C)C1.I. The van der Waals surface area contributed by atoms with Gasteiger partial charge in [-0.05, 0) is 64.3 Å². The van der Waals surface area contributed by atoms with Crippen molar-refractivity contribution in [1.82, 2.24) is 20.4 Å². The van der Waals surface area contributed by atoms with E-state index in [1.807, 2.05) is 0 Å². The van der Waals surface area contributed by atoms with E-state index in [1.54, 1.807) is 0 Å². The molecule has 0 bridgehead atoms. The molecule has 1 aromatic rings. The molecule has 5 nitrogen and oxygen atoms in total. The second-order valence-electron chi connectivity index (χ2n) is 7.69. The summed E-state index contributed by atoms with van der Waals surface area (Å²) >= 11 is 0. The number of hydrogen-bond donors (Lipinski definition) is 2. The summed E-state index contributed by atoms with van der Waals surface area (Å²) in [4.78, 5) is 9.96. The van der Waals surface area contributed by atoms with Crippen LogP contribution in [0.3, 0.4) is 0 Å². The van der Waals surface area contributed by atoms with Gasteiger partial charge in [0.05, 0.1) is 12.6 Å². The van der Waals surface area contributed by atoms with Crippen molar-refractivity contribution in [2.45, 2.75) is 32.2 Å². The quantitative estimate of drug-likeness (QED) is 0.354. The van der Waals surface area contributed by atoms with Gasteiger partial charge in [0.1, 0.15) is 0 Å². The maximum absolute atomic E-state index is 4.95. The Kier molecular flexibility index (Phi) is 9.86. The molecule has 0 spiro atoms. The van der Waals surface area contributed by atoms with E-state index in [2.05, 4.69) is 64.7 Å². The Balaban J connectivity index is 0.00000261. The zero-order valence-corrected chi connectivity index (χ0v) is 19.2. The van der Waals surface area contributed by atoms with Crippen LogP contribution in [0.25, 0.3) is 0 Å². The van der Waals surface area contributed by atoms with E-state index < -0.39 is 0 Å². The Labute approximate surface area is 182 Å². The lowest BCUT2D eigenvalue weighted by molar-refractivity contribution is 0.251. The first kappa shape index (κ1) is 22.4. The van der Waals surface area contributed by atoms with E-state index in [-0.39, 0.29) is 24.0 Å². The molecule has 2 aliphatic heterocycles. The van der Waals surface area contributed by atoms with Crippen molar-refractivity contribution in [2.24, 2.45) is 10.9 Å². The minimum Gasteiger partial charge on any atom is -0.357 e. The molecule has 0 saturated carbocycles. The lowest BCUT2D eigenvalue weighted by atomic mass is 10.1. The summed E-state index contributed by atoms with van der Waals surface area (Å²) in [5.41, 5.74) is 1.38. The maximum atomic E-state index is 4.95. The van der Waals surface area contributed by atoms with Gasteiger partial charge in [0.2, 0.25) is 0 Å². The molecular formula is C21H36IN5. The number of nitrogens with zero attached hydrogens (tertiary/aromatic N) is 3. The van der Waals surface area contributed by atoms with Gasteiger partial charge in [0.15, 0.2) is 5.96 Å². The van der Waals surface area contributed by atoms with Crippen molar-refractivity contribution in [3.63, 3.8) is 0 Å². The molecule has 27 heavy (non-hydrogen) atoms. The third-order valence-corrected chi connectivity index (χ3v) is 5.58. The molecular weight excluding hydrogens is 449 g/mol. The second-order valence-corrected chi connectivity index (χ2v) is 7.69. The summed E-state index contributed by atoms with van der Waals surface area (Å²) < 4.78 is 0. The number of hydrogen-bond acceptors (Lipinski definition) is 3. The molecule has 2 saturated heterocycles. The lowest BCUT2D eigenvalue weighted by Gasteiger charge is -2.27. The normalized spacial score (nSPS) is 22.4. The van der Waals surface area contributed by atoms with Gasteiger partial charge in [-0.3, -0.25) is 9.89 Å². The first-order chi connectivity index (χ1) is 12.8. The first-order valence-electron chi connectivity index (χ1n) is 10.3. The molecule has 2 atom stereocenters. The number of aliphatic imine (C=N–C) groups is 1. The van der Waals surface area contributed by atoms with Gasteiger partial charge >= 0.3 is 0 Å². The summed E-state index contributed by atoms with van der Waals surface area (Å²) in [6.45, 7) is 9.63. The fraction of sp³-hybridized carbons (Fsp3) is 0.667. The first-order valence-corrected chi connectivity index (χ1v) is 10.3. The van der Waals surface area contributed by atoms with E-state index in [0.29, 0.717) is 6.04 Å². The van der Waals surface area contributed by atoms with Crippen molar-refractivity contribution in [2.75, 3.05) is 52.9 Å². The zero-order valence-electron chi connectivity index (χ0n) is 16.9. The van der Waals surface area contributed by atoms with Gasteiger partial charge < -0.3 is 15.5 Å². The van der Waals surface area contributed by atoms with Crippen LogP contribution in [-0.4, -0.2) is 68.6 Å². The Hall–Kier alpha value is -0.860. The molecule has 6 heteroatoms. The predicted octanol–water partition coefficient (Wildman–Crippen LogP) is 2.95. The van der Waals surface area contributed by atoms with Gasteiger partial charge in [-0.2, -0.15) is 0 Å². The van der Waals surface area contributed by atoms with Gasteiger partial charge in [-0.25, -0.2) is 0 Å². The standard InChI is InChI=1S/C21H35N5.HI/c1-3-22-21(23-15-18-11-14-25(2)17-18)24-16-20(26-12-7-8-13-26)19-9-5-4-6-10-19;/h4-6,9-10,18,20H,3,7-8,11-17H2,1-2H3,(H2,22,23,24);1H. The molecule has 3 rings (SSSR count). The van der Waals surface area contributed by atoms with Crippen LogP contribution in [0.5, 0.6) is 0 Å². The topological polar surface area (TPSA) is 42.9 Å². The minimum atomic E-state index is 0. The van der Waals surface area contributed by atoms with Crippen molar-refractivity contribution in [1.29, 1.82) is 0 Å². The molecule has 2 fully saturated rings. The smallest absolute Gasteiger partial charge is 0.191 e. The largest absolute Gasteiger partial charge is 0.357 e. The highest BCUT2D eigenvalue weighted by Gasteiger charge is 2.23. The molecule has 2 aliphatic rings. The number of nitrogens with one attached hydrogen (secondary N) is 2. The van der Waals surface area contributed by atoms with Gasteiger partial charge in [-0.15, -0.1) is 24.0 Å². The highest BCUT2D eigenvalue weighted by Crippen LogP contribution is 2.25. The number of guanidine groups is 1. The number of rotatable bonds is 7. The summed E-state index contributed by atoms with van der Waals surface area (Å²) in [6.07, 6.45) is 3.89. The maximum Gasteiger partial charge on any atom is 0.191 e. The average Bonchev–Trinajstić information content (AvgIpc) is 3.33. The van der Waals surface area contributed by atoms with E-state index in [0.717, 1.165) is 31.5 Å². The van der Waals surface area contributed by atoms with Crippen LogP contribution < -0.4 is 10.6 Å². The molecule has 0 aromatic heterocycles. The van der Waals surface area contributed by atoms with Crippen LogP contribution in [-0.2, 0) is 0 Å². The molecule has 1 aromatic carbocycles. The number of likely N-dealkylation sites (tertiary alicyclic amines) is 2. The summed E-state index contributed by atoms with van der Waals surface area (Å²) in [7, 11) is 2.21. The van der Waals surface area contributed by atoms with E-state index >= 15 is 0 Å².